The Morgan fingerprint density at radius 2 is 1.43 bits per heavy atom. The molecule has 0 bridgehead atoms. The summed E-state index contributed by atoms with van der Waals surface area (Å²) in [7, 11) is -4.93. The van der Waals surface area contributed by atoms with Crippen LogP contribution in [0.5, 0.6) is 0 Å². The third-order valence-electron chi connectivity index (χ3n) is 5.26. The van der Waals surface area contributed by atoms with Crippen LogP contribution in [0.1, 0.15) is 38.8 Å². The molecule has 1 heterocycles. The van der Waals surface area contributed by atoms with E-state index in [9.17, 15) is 8.42 Å². The van der Waals surface area contributed by atoms with E-state index in [0.29, 0.717) is 0 Å². The number of nitrogens with zero attached hydrogens (tertiary/aromatic N) is 1. The normalized spacial score (nSPS) is 18.5. The van der Waals surface area contributed by atoms with Gasteiger partial charge in [0, 0.05) is 6.20 Å². The first kappa shape index (κ1) is 20.6. The van der Waals surface area contributed by atoms with Gasteiger partial charge in [-0.1, -0.05) is 48.0 Å². The molecule has 2 aromatic carbocycles. The van der Waals surface area contributed by atoms with E-state index in [2.05, 4.69) is 0 Å². The zero-order chi connectivity index (χ0) is 20.6. The maximum absolute atomic E-state index is 13.4. The van der Waals surface area contributed by atoms with Crippen molar-refractivity contribution in [2.45, 2.75) is 50.7 Å². The first-order valence-corrected chi connectivity index (χ1v) is 10.7. The topological polar surface area (TPSA) is 55.8 Å². The maximum Gasteiger partial charge on any atom is 0.608 e. The highest BCUT2D eigenvalue weighted by Crippen LogP contribution is 2.39. The van der Waals surface area contributed by atoms with E-state index < -0.39 is 28.5 Å². The van der Waals surface area contributed by atoms with Crippen LogP contribution in [0.2, 0.25) is 0 Å². The van der Waals surface area contributed by atoms with Crippen LogP contribution in [0.4, 0.5) is 0 Å². The molecule has 2 aromatic rings. The van der Waals surface area contributed by atoms with E-state index in [0.717, 1.165) is 15.3 Å². The number of sulfonamides is 1. The van der Waals surface area contributed by atoms with Crippen LogP contribution in [0, 0.1) is 6.92 Å². The van der Waals surface area contributed by atoms with Crippen LogP contribution in [-0.4, -0.2) is 31.1 Å². The van der Waals surface area contributed by atoms with Gasteiger partial charge in [-0.05, 0) is 58.4 Å². The van der Waals surface area contributed by atoms with Crippen LogP contribution in [0.25, 0.3) is 6.08 Å². The van der Waals surface area contributed by atoms with Gasteiger partial charge in [0.15, 0.2) is 0 Å². The summed E-state index contributed by atoms with van der Waals surface area (Å²) in [6.45, 7) is 9.49. The van der Waals surface area contributed by atoms with Crippen molar-refractivity contribution < 1.29 is 17.7 Å². The maximum atomic E-state index is 13.4. The molecule has 0 radical (unpaired) electrons. The lowest BCUT2D eigenvalue weighted by Crippen LogP contribution is -2.42. The molecule has 3 rings (SSSR count). The number of benzene rings is 2. The Hall–Kier alpha value is -2.09. The Morgan fingerprint density at radius 3 is 1.96 bits per heavy atom. The predicted octanol–water partition coefficient (Wildman–Crippen LogP) is 4.25. The van der Waals surface area contributed by atoms with E-state index >= 15 is 0 Å². The largest absolute Gasteiger partial charge is 0.608 e. The summed E-state index contributed by atoms with van der Waals surface area (Å²) < 4.78 is 40.0. The summed E-state index contributed by atoms with van der Waals surface area (Å²) in [5, 5.41) is 0. The zero-order valence-corrected chi connectivity index (χ0v) is 17.7. The lowest BCUT2D eigenvalue weighted by atomic mass is 9.90. The molecule has 28 heavy (non-hydrogen) atoms. The van der Waals surface area contributed by atoms with E-state index in [4.69, 9.17) is 9.31 Å². The van der Waals surface area contributed by atoms with Crippen LogP contribution < -0.4 is 0 Å². The first-order chi connectivity index (χ1) is 13.0. The van der Waals surface area contributed by atoms with Crippen LogP contribution in [0.3, 0.4) is 0 Å². The SMILES string of the molecule is Cc1ccc(S(=O)(=O)N(/C=C/c2ccccc2)B2OC(C)(C)C(C)(C)O2)cc1. The van der Waals surface area contributed by atoms with E-state index in [1.165, 1.54) is 6.20 Å². The number of hydrogen-bond donors (Lipinski definition) is 0. The van der Waals surface area contributed by atoms with Gasteiger partial charge in [-0.3, -0.25) is 4.22 Å². The fourth-order valence-electron chi connectivity index (χ4n) is 2.74. The van der Waals surface area contributed by atoms with Gasteiger partial charge in [0.1, 0.15) is 0 Å². The van der Waals surface area contributed by atoms with Crippen LogP contribution in [0.15, 0.2) is 65.7 Å². The standard InChI is InChI=1S/C21H26BNO4S/c1-17-11-13-19(14-12-17)28(24,25)23(16-15-18-9-7-6-8-10-18)22-26-20(2,3)21(4,5)27-22/h6-16H,1-5H3/b16-15+. The third-order valence-corrected chi connectivity index (χ3v) is 6.98. The second-order valence-corrected chi connectivity index (χ2v) is 9.78. The van der Waals surface area contributed by atoms with Gasteiger partial charge >= 0.3 is 7.25 Å². The molecule has 0 amide bonds. The summed E-state index contributed by atoms with van der Waals surface area (Å²) >= 11 is 0. The van der Waals surface area contributed by atoms with Crippen molar-refractivity contribution in [3.05, 3.63) is 71.9 Å². The lowest BCUT2D eigenvalue weighted by molar-refractivity contribution is 0.00578. The second-order valence-electron chi connectivity index (χ2n) is 7.94. The smallest absolute Gasteiger partial charge is 0.383 e. The van der Waals surface area contributed by atoms with Gasteiger partial charge in [-0.25, -0.2) is 8.42 Å². The molecule has 1 fully saturated rings. The lowest BCUT2D eigenvalue weighted by Gasteiger charge is -2.32. The van der Waals surface area contributed by atoms with Crippen molar-refractivity contribution >= 4 is 23.4 Å². The minimum atomic E-state index is -3.88. The predicted molar refractivity (Wildman–Crippen MR) is 112 cm³/mol. The van der Waals surface area contributed by atoms with Gasteiger partial charge in [-0.2, -0.15) is 0 Å². The molecule has 1 saturated heterocycles. The van der Waals surface area contributed by atoms with E-state index in [1.807, 2.05) is 65.0 Å². The summed E-state index contributed by atoms with van der Waals surface area (Å²) in [5.74, 6) is 0. The average molecular weight is 399 g/mol. The monoisotopic (exact) mass is 399 g/mol. The molecule has 7 heteroatoms. The van der Waals surface area contributed by atoms with Crippen molar-refractivity contribution in [1.82, 2.24) is 4.22 Å². The fourth-order valence-corrected chi connectivity index (χ4v) is 3.99. The molecule has 0 saturated carbocycles. The molecule has 0 unspecified atom stereocenters. The molecular formula is C21H26BNO4S. The third kappa shape index (κ3) is 4.02. The fraction of sp³-hybridized carbons (Fsp3) is 0.333. The molecule has 0 aromatic heterocycles. The quantitative estimate of drug-likeness (QED) is 0.706. The molecule has 0 aliphatic carbocycles. The second kappa shape index (κ2) is 7.39. The van der Waals surface area contributed by atoms with Crippen LogP contribution >= 0.6 is 0 Å². The summed E-state index contributed by atoms with van der Waals surface area (Å²) in [4.78, 5) is 0.186. The van der Waals surface area contributed by atoms with Gasteiger partial charge in [-0.15, -0.1) is 0 Å². The molecule has 0 atom stereocenters. The number of aryl methyl sites for hydroxylation is 1. The molecular weight excluding hydrogens is 373 g/mol. The average Bonchev–Trinajstić information content (AvgIpc) is 2.83. The zero-order valence-electron chi connectivity index (χ0n) is 16.9. The van der Waals surface area contributed by atoms with Crippen molar-refractivity contribution in [2.24, 2.45) is 0 Å². The molecule has 5 nitrogen and oxygen atoms in total. The van der Waals surface area contributed by atoms with Gasteiger partial charge in [0.2, 0.25) is 0 Å². The molecule has 1 aliphatic heterocycles. The molecule has 148 valence electrons. The minimum absolute atomic E-state index is 0.186. The Kier molecular flexibility index (Phi) is 5.45. The minimum Gasteiger partial charge on any atom is -0.383 e. The van der Waals surface area contributed by atoms with Gasteiger partial charge < -0.3 is 9.31 Å². The van der Waals surface area contributed by atoms with Crippen molar-refractivity contribution in [1.29, 1.82) is 0 Å². The summed E-state index contributed by atoms with van der Waals surface area (Å²) in [6.07, 6.45) is 3.24. The highest BCUT2D eigenvalue weighted by atomic mass is 32.2. The Morgan fingerprint density at radius 1 is 0.893 bits per heavy atom. The molecule has 1 aliphatic rings. The number of rotatable bonds is 5. The van der Waals surface area contributed by atoms with E-state index in [1.54, 1.807) is 30.3 Å². The van der Waals surface area contributed by atoms with Crippen molar-refractivity contribution in [3.63, 3.8) is 0 Å². The Labute approximate surface area is 168 Å². The first-order valence-electron chi connectivity index (χ1n) is 9.22. The molecule has 0 spiro atoms. The van der Waals surface area contributed by atoms with Crippen molar-refractivity contribution in [2.75, 3.05) is 0 Å². The highest BCUT2D eigenvalue weighted by molar-refractivity contribution is 7.90. The summed E-state index contributed by atoms with van der Waals surface area (Å²) in [5.41, 5.74) is 0.558. The highest BCUT2D eigenvalue weighted by Gasteiger charge is 2.56. The Balaban J connectivity index is 2.02. The van der Waals surface area contributed by atoms with E-state index in [-0.39, 0.29) is 4.90 Å². The van der Waals surface area contributed by atoms with Crippen molar-refractivity contribution in [3.8, 4) is 0 Å². The van der Waals surface area contributed by atoms with Gasteiger partial charge in [0.05, 0.1) is 16.1 Å². The van der Waals surface area contributed by atoms with Gasteiger partial charge in [0.25, 0.3) is 10.0 Å². The number of hydrogen-bond acceptors (Lipinski definition) is 4. The molecule has 0 N–H and O–H groups in total. The van der Waals surface area contributed by atoms with Crippen LogP contribution in [-0.2, 0) is 19.3 Å². The Bertz CT molecular complexity index is 938. The summed E-state index contributed by atoms with van der Waals surface area (Å²) in [6, 6.07) is 16.2.